The van der Waals surface area contributed by atoms with E-state index in [1.54, 1.807) is 20.4 Å². The largest absolute Gasteiger partial charge is 0.493 e. The number of benzene rings is 1. The second kappa shape index (κ2) is 7.80. The summed E-state index contributed by atoms with van der Waals surface area (Å²) in [5.41, 5.74) is 2.23. The second-order valence-corrected chi connectivity index (χ2v) is 4.70. The van der Waals surface area contributed by atoms with Crippen molar-refractivity contribution >= 4 is 5.82 Å². The Morgan fingerprint density at radius 3 is 2.70 bits per heavy atom. The number of hydrogen-bond acceptors (Lipinski definition) is 6. The summed E-state index contributed by atoms with van der Waals surface area (Å²) in [5, 5.41) is 12.2. The number of anilines is 1. The van der Waals surface area contributed by atoms with Crippen LogP contribution in [0.15, 0.2) is 37.2 Å². The highest BCUT2D eigenvalue weighted by Gasteiger charge is 2.12. The van der Waals surface area contributed by atoms with Gasteiger partial charge in [-0.05, 0) is 24.1 Å². The van der Waals surface area contributed by atoms with Crippen LogP contribution < -0.4 is 14.8 Å². The third-order valence-electron chi connectivity index (χ3n) is 3.24. The highest BCUT2D eigenvalue weighted by Crippen LogP contribution is 2.33. The van der Waals surface area contributed by atoms with Gasteiger partial charge in [0.2, 0.25) is 0 Å². The van der Waals surface area contributed by atoms with Crippen molar-refractivity contribution in [2.75, 3.05) is 19.5 Å². The summed E-state index contributed by atoms with van der Waals surface area (Å²) in [6, 6.07) is 5.91. The van der Waals surface area contributed by atoms with Crippen LogP contribution >= 0.6 is 0 Å². The summed E-state index contributed by atoms with van der Waals surface area (Å²) in [6.45, 7) is 4.25. The summed E-state index contributed by atoms with van der Waals surface area (Å²) >= 11 is 0. The Labute approximate surface area is 135 Å². The van der Waals surface area contributed by atoms with Gasteiger partial charge in [-0.3, -0.25) is 0 Å². The minimum Gasteiger partial charge on any atom is -0.493 e. The first-order chi connectivity index (χ1) is 11.2. The molecule has 0 atom stereocenters. The molecular weight excluding hydrogens is 292 g/mol. The van der Waals surface area contributed by atoms with E-state index in [1.807, 2.05) is 24.3 Å². The number of hydrogen-bond donors (Lipinski definition) is 1. The van der Waals surface area contributed by atoms with E-state index < -0.39 is 0 Å². The highest BCUT2D eigenvalue weighted by atomic mass is 16.5. The molecule has 0 unspecified atom stereocenters. The molecule has 6 nitrogen and oxygen atoms in total. The predicted molar refractivity (Wildman–Crippen MR) is 87.5 cm³/mol. The summed E-state index contributed by atoms with van der Waals surface area (Å²) in [4.78, 5) is 8.10. The van der Waals surface area contributed by atoms with Gasteiger partial charge in [0.25, 0.3) is 0 Å². The monoisotopic (exact) mass is 310 g/mol. The zero-order chi connectivity index (χ0) is 16.7. The van der Waals surface area contributed by atoms with Crippen LogP contribution in [0.3, 0.4) is 0 Å². The lowest BCUT2D eigenvalue weighted by Gasteiger charge is -2.15. The van der Waals surface area contributed by atoms with E-state index in [2.05, 4.69) is 21.9 Å². The zero-order valence-electron chi connectivity index (χ0n) is 13.2. The van der Waals surface area contributed by atoms with Crippen LogP contribution in [0.4, 0.5) is 5.82 Å². The Balaban J connectivity index is 2.27. The Morgan fingerprint density at radius 2 is 2.04 bits per heavy atom. The fourth-order valence-corrected chi connectivity index (χ4v) is 2.25. The number of allylic oxidation sites excluding steroid dienone is 1. The average molecular weight is 310 g/mol. The second-order valence-electron chi connectivity index (χ2n) is 4.70. The fraction of sp³-hybridized carbons (Fsp3) is 0.235. The lowest BCUT2D eigenvalue weighted by Crippen LogP contribution is -2.06. The topological polar surface area (TPSA) is 80.1 Å². The SMILES string of the molecule is C=CCc1cc(CNc2nccnc2C#N)cc(OC)c1OC. The number of aromatic nitrogens is 2. The zero-order valence-corrected chi connectivity index (χ0v) is 13.2. The van der Waals surface area contributed by atoms with Gasteiger partial charge in [0, 0.05) is 24.5 Å². The molecule has 0 radical (unpaired) electrons. The molecule has 0 amide bonds. The molecule has 0 saturated carbocycles. The van der Waals surface area contributed by atoms with Crippen LogP contribution in [0.1, 0.15) is 16.8 Å². The number of methoxy groups -OCH3 is 2. The first-order valence-electron chi connectivity index (χ1n) is 7.03. The van der Waals surface area contributed by atoms with E-state index in [1.165, 1.54) is 6.20 Å². The van der Waals surface area contributed by atoms with Crippen LogP contribution in [-0.4, -0.2) is 24.2 Å². The third kappa shape index (κ3) is 3.77. The van der Waals surface area contributed by atoms with Gasteiger partial charge in [-0.2, -0.15) is 5.26 Å². The van der Waals surface area contributed by atoms with Gasteiger partial charge >= 0.3 is 0 Å². The molecule has 0 aliphatic rings. The van der Waals surface area contributed by atoms with E-state index in [9.17, 15) is 0 Å². The van der Waals surface area contributed by atoms with Crippen LogP contribution in [0.2, 0.25) is 0 Å². The molecule has 23 heavy (non-hydrogen) atoms. The molecule has 0 spiro atoms. The molecule has 0 bridgehead atoms. The first kappa shape index (κ1) is 16.3. The van der Waals surface area contributed by atoms with Crippen molar-refractivity contribution < 1.29 is 9.47 Å². The quantitative estimate of drug-likeness (QED) is 0.792. The van der Waals surface area contributed by atoms with Gasteiger partial charge in [0.15, 0.2) is 23.0 Å². The number of nitriles is 1. The maximum absolute atomic E-state index is 9.04. The predicted octanol–water partition coefficient (Wildman–Crippen LogP) is 2.71. The van der Waals surface area contributed by atoms with Crippen molar-refractivity contribution in [2.24, 2.45) is 0 Å². The highest BCUT2D eigenvalue weighted by molar-refractivity contribution is 5.52. The average Bonchev–Trinajstić information content (AvgIpc) is 2.59. The van der Waals surface area contributed by atoms with Gasteiger partial charge in [-0.1, -0.05) is 6.08 Å². The van der Waals surface area contributed by atoms with E-state index in [-0.39, 0.29) is 5.69 Å². The lowest BCUT2D eigenvalue weighted by molar-refractivity contribution is 0.352. The van der Waals surface area contributed by atoms with E-state index in [0.717, 1.165) is 11.1 Å². The molecule has 0 aliphatic heterocycles. The van der Waals surface area contributed by atoms with Crippen molar-refractivity contribution in [2.45, 2.75) is 13.0 Å². The molecule has 2 rings (SSSR count). The maximum Gasteiger partial charge on any atom is 0.182 e. The van der Waals surface area contributed by atoms with E-state index in [4.69, 9.17) is 14.7 Å². The van der Waals surface area contributed by atoms with E-state index >= 15 is 0 Å². The van der Waals surface area contributed by atoms with Gasteiger partial charge < -0.3 is 14.8 Å². The Kier molecular flexibility index (Phi) is 5.53. The minimum atomic E-state index is 0.263. The Morgan fingerprint density at radius 1 is 1.26 bits per heavy atom. The maximum atomic E-state index is 9.04. The number of nitrogens with one attached hydrogen (secondary N) is 1. The van der Waals surface area contributed by atoms with Crippen LogP contribution in [0.25, 0.3) is 0 Å². The summed E-state index contributed by atoms with van der Waals surface area (Å²) in [5.74, 6) is 1.81. The number of ether oxygens (including phenoxy) is 2. The Hall–Kier alpha value is -3.07. The van der Waals surface area contributed by atoms with Crippen LogP contribution in [-0.2, 0) is 13.0 Å². The molecular formula is C17H18N4O2. The van der Waals surface area contributed by atoms with Crippen LogP contribution in [0, 0.1) is 11.3 Å². The smallest absolute Gasteiger partial charge is 0.182 e. The van der Waals surface area contributed by atoms with Crippen molar-refractivity contribution in [3.05, 3.63) is 54.0 Å². The minimum absolute atomic E-state index is 0.263. The molecule has 0 saturated heterocycles. The van der Waals surface area contributed by atoms with Gasteiger partial charge in [0.05, 0.1) is 14.2 Å². The normalized spacial score (nSPS) is 9.78. The summed E-state index contributed by atoms with van der Waals surface area (Å²) in [7, 11) is 3.21. The van der Waals surface area contributed by atoms with Crippen molar-refractivity contribution in [1.82, 2.24) is 9.97 Å². The molecule has 1 aromatic carbocycles. The van der Waals surface area contributed by atoms with Crippen molar-refractivity contribution in [3.8, 4) is 17.6 Å². The van der Waals surface area contributed by atoms with E-state index in [0.29, 0.717) is 30.3 Å². The summed E-state index contributed by atoms with van der Waals surface area (Å²) < 4.78 is 10.8. The molecule has 0 fully saturated rings. The van der Waals surface area contributed by atoms with Crippen molar-refractivity contribution in [1.29, 1.82) is 5.26 Å². The third-order valence-corrected chi connectivity index (χ3v) is 3.24. The van der Waals surface area contributed by atoms with Gasteiger partial charge in [0.1, 0.15) is 6.07 Å². The fourth-order valence-electron chi connectivity index (χ4n) is 2.25. The molecule has 1 aromatic heterocycles. The van der Waals surface area contributed by atoms with Gasteiger partial charge in [-0.15, -0.1) is 6.58 Å². The lowest BCUT2D eigenvalue weighted by atomic mass is 10.1. The summed E-state index contributed by atoms with van der Waals surface area (Å²) in [6.07, 6.45) is 5.51. The molecule has 1 heterocycles. The molecule has 0 aliphatic carbocycles. The van der Waals surface area contributed by atoms with Crippen molar-refractivity contribution in [3.63, 3.8) is 0 Å². The first-order valence-corrected chi connectivity index (χ1v) is 7.03. The molecule has 118 valence electrons. The molecule has 2 aromatic rings. The Bertz CT molecular complexity index is 738. The number of nitrogens with zero attached hydrogens (tertiary/aromatic N) is 3. The van der Waals surface area contributed by atoms with Gasteiger partial charge in [-0.25, -0.2) is 9.97 Å². The molecule has 6 heteroatoms. The standard InChI is InChI=1S/C17H18N4O2/c1-4-5-13-8-12(9-15(22-2)16(13)23-3)11-21-17-14(10-18)19-6-7-20-17/h4,6-9H,1,5,11H2,2-3H3,(H,20,21). The number of rotatable bonds is 7. The molecule has 1 N–H and O–H groups in total. The van der Waals surface area contributed by atoms with Crippen LogP contribution in [0.5, 0.6) is 11.5 Å².